The van der Waals surface area contributed by atoms with Gasteiger partial charge in [0.1, 0.15) is 0 Å². The first-order valence-electron chi connectivity index (χ1n) is 14.2. The van der Waals surface area contributed by atoms with Crippen molar-refractivity contribution in [2.75, 3.05) is 6.61 Å². The van der Waals surface area contributed by atoms with Gasteiger partial charge in [0, 0.05) is 11.3 Å². The second-order valence-electron chi connectivity index (χ2n) is 14.6. The Morgan fingerprint density at radius 1 is 1.00 bits per heavy atom. The van der Waals surface area contributed by atoms with Gasteiger partial charge in [0.25, 0.3) is 0 Å². The maximum absolute atomic E-state index is 12.8. The van der Waals surface area contributed by atoms with Crippen molar-refractivity contribution >= 4 is 5.97 Å². The number of aliphatic carboxylic acids is 1. The first kappa shape index (κ1) is 26.6. The number of hydrogen-bond acceptors (Lipinski definition) is 5. The van der Waals surface area contributed by atoms with Crippen molar-refractivity contribution < 1.29 is 30.3 Å². The first-order valence-corrected chi connectivity index (χ1v) is 14.2. The van der Waals surface area contributed by atoms with Crippen LogP contribution < -0.4 is 0 Å². The van der Waals surface area contributed by atoms with Gasteiger partial charge < -0.3 is 25.5 Å². The fraction of sp³-hybridized carbons (Fsp3) is 0.900. The molecule has 5 N–H and O–H groups in total. The molecule has 6 nitrogen and oxygen atoms in total. The molecule has 36 heavy (non-hydrogen) atoms. The van der Waals surface area contributed by atoms with Crippen molar-refractivity contribution in [3.05, 3.63) is 11.6 Å². The summed E-state index contributed by atoms with van der Waals surface area (Å²) in [6.07, 6.45) is 4.42. The van der Waals surface area contributed by atoms with E-state index in [1.807, 2.05) is 13.0 Å². The van der Waals surface area contributed by atoms with Crippen LogP contribution in [0, 0.1) is 56.7 Å². The van der Waals surface area contributed by atoms with E-state index < -0.39 is 40.5 Å². The number of aliphatic hydroxyl groups is 4. The molecule has 6 heteroatoms. The number of carboxylic acid groups (broad SMARTS) is 1. The molecule has 13 atom stereocenters. The SMILES string of the molecule is CC1CCC2(C(=O)O)CCC3(C)C(=CC(O)C4C5(C)CC(O)C(O)C(C)(CO)C5CCC43C)C2C1C. The molecule has 0 amide bonds. The van der Waals surface area contributed by atoms with Crippen LogP contribution in [0.3, 0.4) is 0 Å². The molecule has 204 valence electrons. The van der Waals surface area contributed by atoms with E-state index in [1.54, 1.807) is 0 Å². The van der Waals surface area contributed by atoms with E-state index in [9.17, 15) is 30.3 Å². The highest BCUT2D eigenvalue weighted by molar-refractivity contribution is 5.76. The Bertz CT molecular complexity index is 963. The topological polar surface area (TPSA) is 118 Å². The van der Waals surface area contributed by atoms with Crippen molar-refractivity contribution in [1.29, 1.82) is 0 Å². The van der Waals surface area contributed by atoms with Gasteiger partial charge in [-0.2, -0.15) is 0 Å². The molecule has 4 fully saturated rings. The van der Waals surface area contributed by atoms with Crippen LogP contribution in [-0.2, 0) is 4.79 Å². The van der Waals surface area contributed by atoms with Gasteiger partial charge in [0.2, 0.25) is 0 Å². The van der Waals surface area contributed by atoms with E-state index in [1.165, 1.54) is 0 Å². The van der Waals surface area contributed by atoms with Crippen LogP contribution in [0.2, 0.25) is 0 Å². The predicted molar refractivity (Wildman–Crippen MR) is 137 cm³/mol. The smallest absolute Gasteiger partial charge is 0.310 e. The highest BCUT2D eigenvalue weighted by Gasteiger charge is 2.72. The molecular formula is C30H48O6. The summed E-state index contributed by atoms with van der Waals surface area (Å²) in [5.74, 6) is -0.299. The van der Waals surface area contributed by atoms with Gasteiger partial charge in [-0.1, -0.05) is 53.2 Å². The number of carbonyl (C=O) groups is 1. The zero-order valence-corrected chi connectivity index (χ0v) is 23.0. The van der Waals surface area contributed by atoms with Crippen LogP contribution >= 0.6 is 0 Å². The van der Waals surface area contributed by atoms with Crippen LogP contribution in [0.5, 0.6) is 0 Å². The zero-order valence-electron chi connectivity index (χ0n) is 23.0. The second kappa shape index (κ2) is 8.03. The Morgan fingerprint density at radius 3 is 2.28 bits per heavy atom. The molecule has 0 saturated heterocycles. The molecule has 5 aliphatic carbocycles. The molecule has 0 radical (unpaired) electrons. The lowest BCUT2D eigenvalue weighted by atomic mass is 9.32. The molecule has 4 saturated carbocycles. The zero-order chi connectivity index (χ0) is 26.6. The monoisotopic (exact) mass is 504 g/mol. The van der Waals surface area contributed by atoms with Crippen LogP contribution in [0.4, 0.5) is 0 Å². The van der Waals surface area contributed by atoms with E-state index in [0.29, 0.717) is 25.2 Å². The van der Waals surface area contributed by atoms with Crippen LogP contribution in [0.1, 0.15) is 86.5 Å². The molecule has 0 spiro atoms. The minimum absolute atomic E-state index is 0.0324. The summed E-state index contributed by atoms with van der Waals surface area (Å²) in [5.41, 5.74) is -1.45. The van der Waals surface area contributed by atoms with E-state index >= 15 is 0 Å². The lowest BCUT2D eigenvalue weighted by Crippen LogP contribution is -2.70. The summed E-state index contributed by atoms with van der Waals surface area (Å²) in [7, 11) is 0. The molecule has 0 aromatic heterocycles. The quantitative estimate of drug-likeness (QED) is 0.363. The normalized spacial score (nSPS) is 58.6. The van der Waals surface area contributed by atoms with Crippen molar-refractivity contribution in [1.82, 2.24) is 0 Å². The van der Waals surface area contributed by atoms with Gasteiger partial charge >= 0.3 is 5.97 Å². The number of carboxylic acids is 1. The Balaban J connectivity index is 1.67. The number of hydrogen-bond donors (Lipinski definition) is 5. The van der Waals surface area contributed by atoms with Crippen LogP contribution in [0.25, 0.3) is 0 Å². The standard InChI is InChI=1S/C30H48O6/c1-16-7-10-30(25(35)36)12-11-28(5)18(22(30)17(16)2)13-19(32)23-26(3)14-20(33)24(34)27(4,15-31)21(26)8-9-29(23,28)6/h13,16-17,19-24,31-34H,7-12,14-15H2,1-6H3,(H,35,36). The van der Waals surface area contributed by atoms with Gasteiger partial charge in [-0.15, -0.1) is 0 Å². The van der Waals surface area contributed by atoms with Gasteiger partial charge in [-0.05, 0) is 84.9 Å². The summed E-state index contributed by atoms with van der Waals surface area (Å²) in [6, 6.07) is 0. The first-order chi connectivity index (χ1) is 16.6. The highest BCUT2D eigenvalue weighted by Crippen LogP contribution is 2.75. The number of allylic oxidation sites excluding steroid dienone is 1. The van der Waals surface area contributed by atoms with Gasteiger partial charge in [0.15, 0.2) is 0 Å². The molecule has 5 rings (SSSR count). The number of rotatable bonds is 2. The maximum atomic E-state index is 12.8. The number of aliphatic hydroxyl groups excluding tert-OH is 4. The number of fused-ring (bicyclic) bond motifs is 7. The van der Waals surface area contributed by atoms with Crippen molar-refractivity contribution in [2.45, 2.75) is 105 Å². The average Bonchev–Trinajstić information content (AvgIpc) is 2.80. The highest BCUT2D eigenvalue weighted by atomic mass is 16.4. The second-order valence-corrected chi connectivity index (χ2v) is 14.6. The lowest BCUT2D eigenvalue weighted by molar-refractivity contribution is -0.258. The van der Waals surface area contributed by atoms with E-state index in [0.717, 1.165) is 31.3 Å². The van der Waals surface area contributed by atoms with Crippen LogP contribution in [0.15, 0.2) is 11.6 Å². The van der Waals surface area contributed by atoms with Gasteiger partial charge in [-0.3, -0.25) is 4.79 Å². The largest absolute Gasteiger partial charge is 0.481 e. The predicted octanol–water partition coefficient (Wildman–Crippen LogP) is 4.00. The van der Waals surface area contributed by atoms with Crippen molar-refractivity contribution in [3.63, 3.8) is 0 Å². The molecule has 0 aliphatic heterocycles. The molecule has 0 heterocycles. The van der Waals surface area contributed by atoms with Gasteiger partial charge in [-0.25, -0.2) is 0 Å². The fourth-order valence-electron chi connectivity index (χ4n) is 11.1. The van der Waals surface area contributed by atoms with Crippen LogP contribution in [-0.4, -0.2) is 56.4 Å². The lowest BCUT2D eigenvalue weighted by Gasteiger charge is -2.72. The third-order valence-corrected chi connectivity index (χ3v) is 13.5. The van der Waals surface area contributed by atoms with E-state index in [-0.39, 0.29) is 41.1 Å². The third kappa shape index (κ3) is 2.96. The fourth-order valence-corrected chi connectivity index (χ4v) is 11.1. The molecular weight excluding hydrogens is 456 g/mol. The Labute approximate surface area is 216 Å². The maximum Gasteiger partial charge on any atom is 0.310 e. The third-order valence-electron chi connectivity index (χ3n) is 13.5. The minimum Gasteiger partial charge on any atom is -0.481 e. The van der Waals surface area contributed by atoms with Gasteiger partial charge in [0.05, 0.1) is 30.3 Å². The van der Waals surface area contributed by atoms with E-state index in [4.69, 9.17) is 0 Å². The Hall–Kier alpha value is -0.950. The summed E-state index contributed by atoms with van der Waals surface area (Å²) < 4.78 is 0. The Kier molecular flexibility index (Phi) is 5.95. The summed E-state index contributed by atoms with van der Waals surface area (Å²) in [6.45, 7) is 12.9. The summed E-state index contributed by atoms with van der Waals surface area (Å²) >= 11 is 0. The average molecular weight is 505 g/mol. The Morgan fingerprint density at radius 2 is 1.67 bits per heavy atom. The molecule has 13 unspecified atom stereocenters. The summed E-state index contributed by atoms with van der Waals surface area (Å²) in [5, 5.41) is 54.8. The minimum atomic E-state index is -0.997. The molecule has 5 aliphatic rings. The molecule has 0 bridgehead atoms. The molecule has 0 aromatic carbocycles. The van der Waals surface area contributed by atoms with Crippen molar-refractivity contribution in [3.8, 4) is 0 Å². The van der Waals surface area contributed by atoms with Crippen molar-refractivity contribution in [2.24, 2.45) is 56.7 Å². The van der Waals surface area contributed by atoms with E-state index in [2.05, 4.69) is 34.6 Å². The summed E-state index contributed by atoms with van der Waals surface area (Å²) in [4.78, 5) is 12.8. The molecule has 0 aromatic rings.